The van der Waals surface area contributed by atoms with Gasteiger partial charge in [-0.1, -0.05) is 0 Å². The zero-order valence-corrected chi connectivity index (χ0v) is 9.20. The second-order valence-corrected chi connectivity index (χ2v) is 4.10. The van der Waals surface area contributed by atoms with Crippen LogP contribution >= 0.6 is 0 Å². The van der Waals surface area contributed by atoms with Crippen molar-refractivity contribution in [3.63, 3.8) is 0 Å². The highest BCUT2D eigenvalue weighted by Crippen LogP contribution is 2.20. The lowest BCUT2D eigenvalue weighted by atomic mass is 10.00. The lowest BCUT2D eigenvalue weighted by molar-refractivity contribution is 0.126. The van der Waals surface area contributed by atoms with Crippen LogP contribution < -0.4 is 5.73 Å². The highest BCUT2D eigenvalue weighted by molar-refractivity contribution is 5.74. The quantitative estimate of drug-likeness (QED) is 0.717. The molecule has 0 bridgehead atoms. The summed E-state index contributed by atoms with van der Waals surface area (Å²) in [6, 6.07) is 0.492. The molecule has 1 fully saturated rings. The molecule has 0 aromatic heterocycles. The van der Waals surface area contributed by atoms with Crippen molar-refractivity contribution < 1.29 is 4.79 Å². The molecule has 1 aliphatic rings. The van der Waals surface area contributed by atoms with Gasteiger partial charge in [-0.15, -0.1) is 0 Å². The molecular formula is C10H21N3O. The molecule has 0 aromatic rings. The average Bonchev–Trinajstić information content (AvgIpc) is 2.18. The van der Waals surface area contributed by atoms with Gasteiger partial charge < -0.3 is 15.5 Å². The molecule has 2 amide bonds. The molecule has 1 heterocycles. The van der Waals surface area contributed by atoms with Gasteiger partial charge in [0.05, 0.1) is 0 Å². The molecule has 1 atom stereocenters. The van der Waals surface area contributed by atoms with Crippen LogP contribution in [-0.2, 0) is 0 Å². The second kappa shape index (κ2) is 5.20. The van der Waals surface area contributed by atoms with Crippen molar-refractivity contribution in [1.82, 2.24) is 9.80 Å². The predicted molar refractivity (Wildman–Crippen MR) is 57.1 cm³/mol. The number of amides is 2. The van der Waals surface area contributed by atoms with Crippen LogP contribution in [0.5, 0.6) is 0 Å². The monoisotopic (exact) mass is 199 g/mol. The number of urea groups is 1. The van der Waals surface area contributed by atoms with Crippen molar-refractivity contribution in [2.75, 3.05) is 27.2 Å². The van der Waals surface area contributed by atoms with Gasteiger partial charge in [-0.2, -0.15) is 0 Å². The van der Waals surface area contributed by atoms with E-state index in [0.717, 1.165) is 25.8 Å². The Labute approximate surface area is 86.0 Å². The maximum absolute atomic E-state index is 11.8. The number of likely N-dealkylation sites (tertiary alicyclic amines) is 1. The van der Waals surface area contributed by atoms with E-state index in [1.165, 1.54) is 6.42 Å². The third kappa shape index (κ3) is 2.61. The molecule has 1 saturated heterocycles. The van der Waals surface area contributed by atoms with Gasteiger partial charge in [-0.25, -0.2) is 4.79 Å². The van der Waals surface area contributed by atoms with Crippen LogP contribution in [0.3, 0.4) is 0 Å². The summed E-state index contributed by atoms with van der Waals surface area (Å²) in [7, 11) is 3.60. The number of nitrogens with two attached hydrogens (primary N) is 1. The van der Waals surface area contributed by atoms with Crippen LogP contribution in [0.2, 0.25) is 0 Å². The number of piperidine rings is 1. The van der Waals surface area contributed by atoms with Crippen LogP contribution in [-0.4, -0.2) is 49.1 Å². The summed E-state index contributed by atoms with van der Waals surface area (Å²) in [4.78, 5) is 15.4. The fourth-order valence-corrected chi connectivity index (χ4v) is 2.00. The molecule has 82 valence electrons. The Balaban J connectivity index is 2.57. The van der Waals surface area contributed by atoms with E-state index in [1.54, 1.807) is 19.0 Å². The largest absolute Gasteiger partial charge is 0.331 e. The van der Waals surface area contributed by atoms with Crippen LogP contribution in [0.4, 0.5) is 4.79 Å². The Bertz CT molecular complexity index is 192. The van der Waals surface area contributed by atoms with Crippen LogP contribution in [0.1, 0.15) is 25.7 Å². The Morgan fingerprint density at radius 1 is 1.50 bits per heavy atom. The molecule has 0 aliphatic carbocycles. The summed E-state index contributed by atoms with van der Waals surface area (Å²) in [5.41, 5.74) is 5.55. The van der Waals surface area contributed by atoms with Crippen molar-refractivity contribution in [2.24, 2.45) is 5.73 Å². The molecule has 0 aromatic carbocycles. The Morgan fingerprint density at radius 2 is 2.21 bits per heavy atom. The molecule has 0 radical (unpaired) electrons. The maximum atomic E-state index is 11.8. The summed E-state index contributed by atoms with van der Waals surface area (Å²) in [5, 5.41) is 0. The lowest BCUT2D eigenvalue weighted by Gasteiger charge is -2.37. The van der Waals surface area contributed by atoms with Crippen molar-refractivity contribution in [2.45, 2.75) is 31.7 Å². The fraction of sp³-hybridized carbons (Fsp3) is 0.900. The molecule has 14 heavy (non-hydrogen) atoms. The third-order valence-electron chi connectivity index (χ3n) is 2.76. The van der Waals surface area contributed by atoms with Gasteiger partial charge in [-0.3, -0.25) is 0 Å². The number of nitrogens with zero attached hydrogens (tertiary/aromatic N) is 2. The highest BCUT2D eigenvalue weighted by atomic mass is 16.2. The van der Waals surface area contributed by atoms with E-state index in [9.17, 15) is 4.79 Å². The van der Waals surface area contributed by atoms with Crippen molar-refractivity contribution in [1.29, 1.82) is 0 Å². The third-order valence-corrected chi connectivity index (χ3v) is 2.76. The molecule has 1 rings (SSSR count). The van der Waals surface area contributed by atoms with E-state index in [1.807, 2.05) is 4.90 Å². The summed E-state index contributed by atoms with van der Waals surface area (Å²) in [5.74, 6) is 0. The second-order valence-electron chi connectivity index (χ2n) is 4.10. The van der Waals surface area contributed by atoms with Gasteiger partial charge in [0, 0.05) is 26.7 Å². The van der Waals surface area contributed by atoms with E-state index < -0.39 is 0 Å². The number of hydrogen-bond donors (Lipinski definition) is 1. The molecule has 2 N–H and O–H groups in total. The SMILES string of the molecule is CN(C)C(=O)N1CCCCC1CCN. The van der Waals surface area contributed by atoms with E-state index in [0.29, 0.717) is 12.6 Å². The van der Waals surface area contributed by atoms with Gasteiger partial charge in [0.25, 0.3) is 0 Å². The predicted octanol–water partition coefficient (Wildman–Crippen LogP) is 0.871. The lowest BCUT2D eigenvalue weighted by Crippen LogP contribution is -2.48. The first-order valence-corrected chi connectivity index (χ1v) is 5.34. The van der Waals surface area contributed by atoms with Gasteiger partial charge >= 0.3 is 6.03 Å². The standard InChI is InChI=1S/C10H21N3O/c1-12(2)10(14)13-8-4-3-5-9(13)6-7-11/h9H,3-8,11H2,1-2H3. The van der Waals surface area contributed by atoms with Crippen molar-refractivity contribution in [3.05, 3.63) is 0 Å². The first kappa shape index (κ1) is 11.3. The summed E-state index contributed by atoms with van der Waals surface area (Å²) >= 11 is 0. The van der Waals surface area contributed by atoms with Crippen molar-refractivity contribution >= 4 is 6.03 Å². The van der Waals surface area contributed by atoms with E-state index in [2.05, 4.69) is 0 Å². The topological polar surface area (TPSA) is 49.6 Å². The first-order chi connectivity index (χ1) is 6.66. The summed E-state index contributed by atoms with van der Waals surface area (Å²) in [6.45, 7) is 1.56. The molecule has 0 saturated carbocycles. The fourth-order valence-electron chi connectivity index (χ4n) is 2.00. The average molecular weight is 199 g/mol. The molecule has 4 nitrogen and oxygen atoms in total. The van der Waals surface area contributed by atoms with Gasteiger partial charge in [0.2, 0.25) is 0 Å². The van der Waals surface area contributed by atoms with Crippen LogP contribution in [0, 0.1) is 0 Å². The number of carbonyl (C=O) groups excluding carboxylic acids is 1. The minimum absolute atomic E-state index is 0.128. The van der Waals surface area contributed by atoms with E-state index >= 15 is 0 Å². The molecule has 1 unspecified atom stereocenters. The van der Waals surface area contributed by atoms with Gasteiger partial charge in [0.1, 0.15) is 0 Å². The Morgan fingerprint density at radius 3 is 2.79 bits per heavy atom. The maximum Gasteiger partial charge on any atom is 0.319 e. The molecular weight excluding hydrogens is 178 g/mol. The Hall–Kier alpha value is -0.770. The molecule has 4 heteroatoms. The minimum Gasteiger partial charge on any atom is -0.331 e. The van der Waals surface area contributed by atoms with Gasteiger partial charge in [-0.05, 0) is 32.2 Å². The molecule has 0 spiro atoms. The van der Waals surface area contributed by atoms with Crippen LogP contribution in [0.25, 0.3) is 0 Å². The minimum atomic E-state index is 0.128. The van der Waals surface area contributed by atoms with E-state index in [4.69, 9.17) is 5.73 Å². The zero-order chi connectivity index (χ0) is 10.6. The Kier molecular flexibility index (Phi) is 4.20. The van der Waals surface area contributed by atoms with Crippen LogP contribution in [0.15, 0.2) is 0 Å². The normalized spacial score (nSPS) is 22.2. The van der Waals surface area contributed by atoms with Crippen molar-refractivity contribution in [3.8, 4) is 0 Å². The summed E-state index contributed by atoms with van der Waals surface area (Å²) in [6.07, 6.45) is 4.39. The van der Waals surface area contributed by atoms with Gasteiger partial charge in [0.15, 0.2) is 0 Å². The number of rotatable bonds is 2. The molecule has 1 aliphatic heterocycles. The first-order valence-electron chi connectivity index (χ1n) is 5.34. The zero-order valence-electron chi connectivity index (χ0n) is 9.20. The van der Waals surface area contributed by atoms with E-state index in [-0.39, 0.29) is 6.03 Å². The number of carbonyl (C=O) groups is 1. The number of hydrogen-bond acceptors (Lipinski definition) is 2. The smallest absolute Gasteiger partial charge is 0.319 e. The summed E-state index contributed by atoms with van der Waals surface area (Å²) < 4.78 is 0. The highest BCUT2D eigenvalue weighted by Gasteiger charge is 2.26.